The van der Waals surface area contributed by atoms with Crippen LogP contribution in [0.5, 0.6) is 11.5 Å². The van der Waals surface area contributed by atoms with Crippen molar-refractivity contribution >= 4 is 25.6 Å². The number of nitriles is 1. The van der Waals surface area contributed by atoms with Gasteiger partial charge in [-0.2, -0.15) is 15.3 Å². The number of fused-ring (bicyclic) bond motifs is 1. The normalized spacial score (nSPS) is 18.6. The highest BCUT2D eigenvalue weighted by molar-refractivity contribution is 7.44. The Balaban J connectivity index is 1.52. The van der Waals surface area contributed by atoms with Gasteiger partial charge in [0.1, 0.15) is 35.4 Å². The first-order valence-corrected chi connectivity index (χ1v) is 21.6. The molecule has 0 spiro atoms. The number of methoxy groups -OCH3 is 2. The van der Waals surface area contributed by atoms with Gasteiger partial charge in [0, 0.05) is 26.2 Å². The quantitative estimate of drug-likeness (QED) is 0.0347. The summed E-state index contributed by atoms with van der Waals surface area (Å²) in [6, 6.07) is 27.6. The average Bonchev–Trinajstić information content (AvgIpc) is 3.83. The van der Waals surface area contributed by atoms with Gasteiger partial charge in [0.05, 0.1) is 59.5 Å². The van der Waals surface area contributed by atoms with Crippen LogP contribution in [-0.4, -0.2) is 114 Å². The van der Waals surface area contributed by atoms with Crippen molar-refractivity contribution in [3.05, 3.63) is 112 Å². The number of imidazole rings is 1. The summed E-state index contributed by atoms with van der Waals surface area (Å²) in [6.45, 7) is 8.71. The number of aromatic amines is 1. The van der Waals surface area contributed by atoms with Crippen LogP contribution in [0.25, 0.3) is 11.2 Å². The molecular weight excluding hydrogens is 816 g/mol. The van der Waals surface area contributed by atoms with Crippen LogP contribution in [0.2, 0.25) is 0 Å². The summed E-state index contributed by atoms with van der Waals surface area (Å²) in [5.41, 5.74) is 7.13. The number of hydrogen-bond acceptors (Lipinski definition) is 15. The lowest BCUT2D eigenvalue weighted by Crippen LogP contribution is -2.43. The number of benzene rings is 3. The van der Waals surface area contributed by atoms with E-state index >= 15 is 0 Å². The minimum Gasteiger partial charge on any atom is -0.497 e. The van der Waals surface area contributed by atoms with E-state index in [9.17, 15) is 10.1 Å². The van der Waals surface area contributed by atoms with Gasteiger partial charge in [0.15, 0.2) is 17.4 Å². The maximum Gasteiger partial charge on any atom is 0.280 e. The first kappa shape index (κ1) is 46.5. The minimum atomic E-state index is -1.83. The van der Waals surface area contributed by atoms with Gasteiger partial charge in [-0.3, -0.25) is 19.2 Å². The van der Waals surface area contributed by atoms with Gasteiger partial charge in [0.25, 0.3) is 14.1 Å². The zero-order chi connectivity index (χ0) is 44.4. The molecule has 2 aromatic heterocycles. The van der Waals surface area contributed by atoms with Crippen molar-refractivity contribution in [2.75, 3.05) is 60.5 Å². The zero-order valence-corrected chi connectivity index (χ0v) is 37.4. The maximum absolute atomic E-state index is 13.0. The van der Waals surface area contributed by atoms with E-state index in [4.69, 9.17) is 43.3 Å². The van der Waals surface area contributed by atoms with Crippen LogP contribution in [0.15, 0.2) is 90.0 Å². The van der Waals surface area contributed by atoms with Crippen molar-refractivity contribution in [3.8, 4) is 17.6 Å². The maximum atomic E-state index is 13.0. The van der Waals surface area contributed by atoms with Crippen molar-refractivity contribution in [1.29, 1.82) is 5.26 Å². The van der Waals surface area contributed by atoms with Crippen molar-refractivity contribution in [2.45, 2.75) is 76.3 Å². The van der Waals surface area contributed by atoms with Crippen LogP contribution in [0.1, 0.15) is 57.0 Å². The largest absolute Gasteiger partial charge is 0.497 e. The number of anilines is 1. The predicted octanol–water partition coefficient (Wildman–Crippen LogP) is 6.16. The molecule has 1 fully saturated rings. The van der Waals surface area contributed by atoms with E-state index in [2.05, 4.69) is 53.4 Å². The Bertz CT molecular complexity index is 2210. The lowest BCUT2D eigenvalue weighted by Gasteiger charge is -2.39. The summed E-state index contributed by atoms with van der Waals surface area (Å²) >= 11 is 0. The van der Waals surface area contributed by atoms with Gasteiger partial charge in [-0.1, -0.05) is 54.6 Å². The fourth-order valence-electron chi connectivity index (χ4n) is 7.58. The molecule has 5 aromatic rings. The van der Waals surface area contributed by atoms with E-state index in [0.717, 1.165) is 16.7 Å². The second-order valence-electron chi connectivity index (χ2n) is 15.3. The molecule has 1 unspecified atom stereocenters. The molecule has 0 amide bonds. The van der Waals surface area contributed by atoms with E-state index in [1.807, 2.05) is 78.9 Å². The topological polar surface area (TPSA) is 194 Å². The van der Waals surface area contributed by atoms with E-state index in [1.165, 1.54) is 6.33 Å². The number of nitrogens with one attached hydrogen (secondary N) is 1. The Morgan fingerprint density at radius 1 is 0.903 bits per heavy atom. The van der Waals surface area contributed by atoms with Crippen LogP contribution < -0.4 is 20.8 Å². The summed E-state index contributed by atoms with van der Waals surface area (Å²) in [6.07, 6.45) is -1.90. The summed E-state index contributed by atoms with van der Waals surface area (Å²) < 4.78 is 49.7. The van der Waals surface area contributed by atoms with Crippen LogP contribution >= 0.6 is 8.53 Å². The molecule has 0 radical (unpaired) electrons. The van der Waals surface area contributed by atoms with E-state index in [0.29, 0.717) is 11.5 Å². The molecular formula is C44H57N8O9P. The third-order valence-electron chi connectivity index (χ3n) is 10.3. The van der Waals surface area contributed by atoms with E-state index < -0.39 is 44.2 Å². The van der Waals surface area contributed by atoms with E-state index in [1.54, 1.807) is 37.9 Å². The molecule has 62 heavy (non-hydrogen) atoms. The molecule has 1 aliphatic heterocycles. The second kappa shape index (κ2) is 21.4. The fraction of sp³-hybridized carbons (Fsp3) is 0.455. The number of ether oxygens (including phenoxy) is 5. The number of aromatic nitrogens is 4. The molecule has 1 saturated heterocycles. The molecule has 1 aliphatic rings. The number of hydroxylamine groups is 2. The number of hydrogen-bond donors (Lipinski definition) is 2. The van der Waals surface area contributed by atoms with Gasteiger partial charge in [0.2, 0.25) is 5.95 Å². The Hall–Kier alpha value is -4.99. The fourth-order valence-corrected chi connectivity index (χ4v) is 9.35. The summed E-state index contributed by atoms with van der Waals surface area (Å²) in [4.78, 5) is 30.2. The molecule has 17 nitrogen and oxygen atoms in total. The van der Waals surface area contributed by atoms with Crippen molar-refractivity contribution in [2.24, 2.45) is 0 Å². The third kappa shape index (κ3) is 10.4. The molecule has 3 heterocycles. The molecule has 0 bridgehead atoms. The smallest absolute Gasteiger partial charge is 0.280 e. The SMILES string of the molecule is COc1ccc(C(OC[C@H]2O[C@@H](n3cnc4c(=O)[nH]c(N)nc43)[C@H](OCCON(C)C)[C@@H]2OP(OCCC#N)N(C(C)C)C(C)C)(c2ccccc2)c2ccc(OC)cc2)cc1. The number of nitrogens with zero attached hydrogens (tertiary/aromatic N) is 6. The highest BCUT2D eigenvalue weighted by Crippen LogP contribution is 2.51. The van der Waals surface area contributed by atoms with Gasteiger partial charge in [-0.05, 0) is 68.7 Å². The molecule has 3 aromatic carbocycles. The summed E-state index contributed by atoms with van der Waals surface area (Å²) in [5, 5.41) is 11.1. The van der Waals surface area contributed by atoms with Gasteiger partial charge in [-0.25, -0.2) is 9.65 Å². The molecule has 18 heteroatoms. The van der Waals surface area contributed by atoms with Crippen molar-refractivity contribution < 1.29 is 37.6 Å². The molecule has 5 atom stereocenters. The number of H-pyrrole nitrogens is 1. The minimum absolute atomic E-state index is 0.00348. The van der Waals surface area contributed by atoms with E-state index in [-0.39, 0.29) is 62.0 Å². The molecule has 332 valence electrons. The van der Waals surface area contributed by atoms with Crippen LogP contribution in [0.4, 0.5) is 5.95 Å². The zero-order valence-electron chi connectivity index (χ0n) is 36.5. The molecule has 6 rings (SSSR count). The summed E-state index contributed by atoms with van der Waals surface area (Å²) in [7, 11) is 5.00. The first-order valence-electron chi connectivity index (χ1n) is 20.4. The highest BCUT2D eigenvalue weighted by atomic mass is 31.2. The van der Waals surface area contributed by atoms with Gasteiger partial charge in [-0.15, -0.1) is 0 Å². The third-order valence-corrected chi connectivity index (χ3v) is 12.4. The van der Waals surface area contributed by atoms with Gasteiger partial charge >= 0.3 is 0 Å². The van der Waals surface area contributed by atoms with Crippen LogP contribution in [0, 0.1) is 11.3 Å². The summed E-state index contributed by atoms with van der Waals surface area (Å²) in [5.74, 6) is 1.28. The van der Waals surface area contributed by atoms with Crippen LogP contribution in [0.3, 0.4) is 0 Å². The Kier molecular flexibility index (Phi) is 16.0. The Morgan fingerprint density at radius 3 is 2.08 bits per heavy atom. The Morgan fingerprint density at radius 2 is 1.52 bits per heavy atom. The lowest BCUT2D eigenvalue weighted by molar-refractivity contribution is -0.150. The van der Waals surface area contributed by atoms with Crippen molar-refractivity contribution in [1.82, 2.24) is 29.3 Å². The number of rotatable bonds is 22. The molecule has 3 N–H and O–H groups in total. The van der Waals surface area contributed by atoms with Crippen LogP contribution in [-0.2, 0) is 33.7 Å². The first-order chi connectivity index (χ1) is 29.9. The predicted molar refractivity (Wildman–Crippen MR) is 234 cm³/mol. The number of nitrogen functional groups attached to an aromatic ring is 1. The average molecular weight is 873 g/mol. The number of nitrogens with two attached hydrogens (primary N) is 1. The standard InChI is InChI=1S/C44H57N8O9P/c1-29(2)52(30(3)4)62(59-24-12-23-45)61-38-36(60-42(39(38)56-25-26-58-50(5)6)51-28-47-37-40(51)48-43(46)49-41(37)53)27-57-44(31-13-10-9-11-14-31,32-15-19-34(54-7)20-16-32)33-17-21-35(55-8)22-18-33/h9-11,13-22,28-30,36,38-39,42H,12,24-27H2,1-8H3,(H3,46,48,49,53)/t36-,38-,39-,42-,62?/m1/s1. The second-order valence-corrected chi connectivity index (χ2v) is 16.7. The lowest BCUT2D eigenvalue weighted by atomic mass is 9.80. The monoisotopic (exact) mass is 872 g/mol. The van der Waals surface area contributed by atoms with Crippen molar-refractivity contribution in [3.63, 3.8) is 0 Å². The van der Waals surface area contributed by atoms with Gasteiger partial charge < -0.3 is 38.5 Å². The Labute approximate surface area is 363 Å². The molecule has 0 saturated carbocycles. The molecule has 0 aliphatic carbocycles. The highest BCUT2D eigenvalue weighted by Gasteiger charge is 2.52.